The van der Waals surface area contributed by atoms with Crippen molar-refractivity contribution in [3.05, 3.63) is 28.5 Å². The van der Waals surface area contributed by atoms with Crippen LogP contribution < -0.4 is 0 Å². The summed E-state index contributed by atoms with van der Waals surface area (Å²) in [6.45, 7) is 0. The molecule has 0 fully saturated rings. The van der Waals surface area contributed by atoms with Crippen molar-refractivity contribution in [1.82, 2.24) is 4.98 Å². The standard InChI is InChI=1S/C7H3ClF3NO2/c8-4-1-3(6(13)14)2-12-5(4)7(9,10)11/h1-2H,(H,13,14). The van der Waals surface area contributed by atoms with Crippen molar-refractivity contribution in [2.45, 2.75) is 6.18 Å². The highest BCUT2D eigenvalue weighted by Crippen LogP contribution is 2.32. The van der Waals surface area contributed by atoms with Gasteiger partial charge < -0.3 is 5.11 Å². The number of alkyl halides is 3. The van der Waals surface area contributed by atoms with E-state index in [1.807, 2.05) is 0 Å². The summed E-state index contributed by atoms with van der Waals surface area (Å²) in [5.74, 6) is -1.38. The maximum absolute atomic E-state index is 12.1. The number of carbonyl (C=O) groups is 1. The summed E-state index contributed by atoms with van der Waals surface area (Å²) in [7, 11) is 0. The van der Waals surface area contributed by atoms with Gasteiger partial charge in [0.05, 0.1) is 10.6 Å². The molecular weight excluding hydrogens is 223 g/mol. The molecule has 0 radical (unpaired) electrons. The molecule has 0 saturated carbocycles. The Kier molecular flexibility index (Phi) is 2.66. The molecule has 0 saturated heterocycles. The van der Waals surface area contributed by atoms with E-state index in [2.05, 4.69) is 4.98 Å². The van der Waals surface area contributed by atoms with E-state index < -0.39 is 22.9 Å². The lowest BCUT2D eigenvalue weighted by Crippen LogP contribution is -2.10. The second kappa shape index (κ2) is 3.45. The molecule has 0 atom stereocenters. The summed E-state index contributed by atoms with van der Waals surface area (Å²) < 4.78 is 36.3. The first-order valence-corrected chi connectivity index (χ1v) is 3.66. The fraction of sp³-hybridized carbons (Fsp3) is 0.143. The monoisotopic (exact) mass is 225 g/mol. The maximum atomic E-state index is 12.1. The van der Waals surface area contributed by atoms with Crippen molar-refractivity contribution in [2.24, 2.45) is 0 Å². The second-order valence-corrected chi connectivity index (χ2v) is 2.76. The van der Waals surface area contributed by atoms with Crippen molar-refractivity contribution in [1.29, 1.82) is 0 Å². The number of aromatic nitrogens is 1. The number of nitrogens with zero attached hydrogens (tertiary/aromatic N) is 1. The molecule has 1 heterocycles. The van der Waals surface area contributed by atoms with E-state index in [-0.39, 0.29) is 5.56 Å². The quantitative estimate of drug-likeness (QED) is 0.799. The van der Waals surface area contributed by atoms with Crippen molar-refractivity contribution >= 4 is 17.6 Å². The van der Waals surface area contributed by atoms with Gasteiger partial charge in [0.25, 0.3) is 0 Å². The summed E-state index contributed by atoms with van der Waals surface area (Å²) in [5, 5.41) is 7.70. The third-order valence-corrected chi connectivity index (χ3v) is 1.64. The van der Waals surface area contributed by atoms with E-state index in [0.717, 1.165) is 0 Å². The average Bonchev–Trinajstić information content (AvgIpc) is 2.01. The molecule has 0 spiro atoms. The van der Waals surface area contributed by atoms with Crippen molar-refractivity contribution in [3.63, 3.8) is 0 Å². The highest BCUT2D eigenvalue weighted by molar-refractivity contribution is 6.31. The predicted molar refractivity (Wildman–Crippen MR) is 41.2 cm³/mol. The molecule has 0 aliphatic heterocycles. The van der Waals surface area contributed by atoms with Crippen LogP contribution in [0.2, 0.25) is 5.02 Å². The summed E-state index contributed by atoms with van der Waals surface area (Å²) in [6.07, 6.45) is -4.06. The Morgan fingerprint density at radius 1 is 1.50 bits per heavy atom. The molecule has 1 aromatic heterocycles. The van der Waals surface area contributed by atoms with Crippen molar-refractivity contribution in [3.8, 4) is 0 Å². The lowest BCUT2D eigenvalue weighted by atomic mass is 10.2. The van der Waals surface area contributed by atoms with Crippen LogP contribution in [0.1, 0.15) is 16.1 Å². The maximum Gasteiger partial charge on any atom is 0.434 e. The van der Waals surface area contributed by atoms with Gasteiger partial charge in [-0.05, 0) is 6.07 Å². The average molecular weight is 226 g/mol. The molecule has 3 nitrogen and oxygen atoms in total. The van der Waals surface area contributed by atoms with Gasteiger partial charge in [0, 0.05) is 6.20 Å². The Bertz CT molecular complexity index is 378. The van der Waals surface area contributed by atoms with Crippen LogP contribution in [0.4, 0.5) is 13.2 Å². The van der Waals surface area contributed by atoms with E-state index in [1.165, 1.54) is 0 Å². The first-order chi connectivity index (χ1) is 6.32. The highest BCUT2D eigenvalue weighted by atomic mass is 35.5. The SMILES string of the molecule is O=C(O)c1cnc(C(F)(F)F)c(Cl)c1. The Morgan fingerprint density at radius 3 is 2.43 bits per heavy atom. The lowest BCUT2D eigenvalue weighted by molar-refractivity contribution is -0.141. The summed E-state index contributed by atoms with van der Waals surface area (Å²) in [4.78, 5) is 13.3. The normalized spacial score (nSPS) is 11.4. The lowest BCUT2D eigenvalue weighted by Gasteiger charge is -2.07. The van der Waals surface area contributed by atoms with E-state index in [0.29, 0.717) is 12.3 Å². The minimum atomic E-state index is -4.67. The molecule has 14 heavy (non-hydrogen) atoms. The molecule has 1 rings (SSSR count). The first-order valence-electron chi connectivity index (χ1n) is 3.28. The van der Waals surface area contributed by atoms with Crippen LogP contribution in [-0.2, 0) is 6.18 Å². The number of carboxylic acid groups (broad SMARTS) is 1. The van der Waals surface area contributed by atoms with Crippen LogP contribution in [0.25, 0.3) is 0 Å². The number of halogens is 4. The van der Waals surface area contributed by atoms with E-state index >= 15 is 0 Å². The van der Waals surface area contributed by atoms with Crippen molar-refractivity contribution < 1.29 is 23.1 Å². The van der Waals surface area contributed by atoms with Crippen LogP contribution in [0, 0.1) is 0 Å². The van der Waals surface area contributed by atoms with Gasteiger partial charge in [-0.3, -0.25) is 0 Å². The van der Waals surface area contributed by atoms with E-state index in [9.17, 15) is 18.0 Å². The first kappa shape index (κ1) is 10.8. The largest absolute Gasteiger partial charge is 0.478 e. The second-order valence-electron chi connectivity index (χ2n) is 2.36. The van der Waals surface area contributed by atoms with Gasteiger partial charge in [-0.1, -0.05) is 11.6 Å². The number of rotatable bonds is 1. The Labute approximate surface area is 81.1 Å². The van der Waals surface area contributed by atoms with Crippen LogP contribution >= 0.6 is 11.6 Å². The fourth-order valence-corrected chi connectivity index (χ4v) is 1.04. The summed E-state index contributed by atoms with van der Waals surface area (Å²) >= 11 is 5.21. The van der Waals surface area contributed by atoms with Gasteiger partial charge in [0.1, 0.15) is 0 Å². The summed E-state index contributed by atoms with van der Waals surface area (Å²) in [5.41, 5.74) is -1.67. The van der Waals surface area contributed by atoms with E-state index in [1.54, 1.807) is 0 Å². The smallest absolute Gasteiger partial charge is 0.434 e. The molecule has 1 aromatic rings. The zero-order chi connectivity index (χ0) is 10.9. The number of hydrogen-bond donors (Lipinski definition) is 1. The molecule has 0 bridgehead atoms. The van der Waals surface area contributed by atoms with Crippen molar-refractivity contribution in [2.75, 3.05) is 0 Å². The third-order valence-electron chi connectivity index (χ3n) is 1.36. The molecule has 0 aliphatic rings. The van der Waals surface area contributed by atoms with Crippen LogP contribution in [0.15, 0.2) is 12.3 Å². The van der Waals surface area contributed by atoms with Gasteiger partial charge >= 0.3 is 12.1 Å². The van der Waals surface area contributed by atoms with Crippen LogP contribution in [-0.4, -0.2) is 16.1 Å². The van der Waals surface area contributed by atoms with Crippen LogP contribution in [0.3, 0.4) is 0 Å². The molecule has 7 heteroatoms. The Morgan fingerprint density at radius 2 is 2.07 bits per heavy atom. The fourth-order valence-electron chi connectivity index (χ4n) is 0.763. The zero-order valence-corrected chi connectivity index (χ0v) is 7.23. The number of aromatic carboxylic acids is 1. The minimum Gasteiger partial charge on any atom is -0.478 e. The van der Waals surface area contributed by atoms with Gasteiger partial charge in [0.15, 0.2) is 5.69 Å². The number of hydrogen-bond acceptors (Lipinski definition) is 2. The number of carboxylic acids is 1. The predicted octanol–water partition coefficient (Wildman–Crippen LogP) is 2.45. The van der Waals surface area contributed by atoms with E-state index in [4.69, 9.17) is 16.7 Å². The number of pyridine rings is 1. The van der Waals surface area contributed by atoms with Crippen LogP contribution in [0.5, 0.6) is 0 Å². The Hall–Kier alpha value is -1.30. The zero-order valence-electron chi connectivity index (χ0n) is 6.47. The van der Waals surface area contributed by atoms with Gasteiger partial charge in [-0.15, -0.1) is 0 Å². The molecule has 0 aliphatic carbocycles. The minimum absolute atomic E-state index is 0.386. The molecule has 0 unspecified atom stereocenters. The van der Waals surface area contributed by atoms with Gasteiger partial charge in [-0.25, -0.2) is 9.78 Å². The van der Waals surface area contributed by atoms with Gasteiger partial charge in [-0.2, -0.15) is 13.2 Å². The Balaban J connectivity index is 3.21. The van der Waals surface area contributed by atoms with Gasteiger partial charge in [0.2, 0.25) is 0 Å². The topological polar surface area (TPSA) is 50.2 Å². The third kappa shape index (κ3) is 2.14. The molecule has 1 N–H and O–H groups in total. The summed E-state index contributed by atoms with van der Waals surface area (Å²) in [6, 6.07) is 0.708. The molecule has 76 valence electrons. The molecule has 0 aromatic carbocycles. The molecular formula is C7H3ClF3NO2. The highest BCUT2D eigenvalue weighted by Gasteiger charge is 2.35. The molecule has 0 amide bonds.